The lowest BCUT2D eigenvalue weighted by Gasteiger charge is -2.02. The summed E-state index contributed by atoms with van der Waals surface area (Å²) in [6.45, 7) is -2.21. The van der Waals surface area contributed by atoms with E-state index in [0.717, 1.165) is 16.3 Å². The summed E-state index contributed by atoms with van der Waals surface area (Å²) >= 11 is 0. The molecular formula is C24H18N2O. The Morgan fingerprint density at radius 1 is 0.963 bits per heavy atom. The fraction of sp³-hybridized carbons (Fsp3) is 0.0833. The van der Waals surface area contributed by atoms with Gasteiger partial charge in [0, 0.05) is 41.5 Å². The van der Waals surface area contributed by atoms with E-state index in [1.165, 1.54) is 12.3 Å². The Labute approximate surface area is 164 Å². The average molecular weight is 355 g/mol. The first kappa shape index (κ1) is 11.3. The van der Waals surface area contributed by atoms with Crippen LogP contribution in [-0.4, -0.2) is 9.97 Å². The molecule has 2 aromatic carbocycles. The van der Waals surface area contributed by atoms with Gasteiger partial charge >= 0.3 is 0 Å². The molecule has 0 atom stereocenters. The quantitative estimate of drug-likeness (QED) is 0.402. The van der Waals surface area contributed by atoms with Crippen LogP contribution in [0.4, 0.5) is 0 Å². The van der Waals surface area contributed by atoms with Crippen LogP contribution in [0.15, 0.2) is 83.4 Å². The third-order valence-corrected chi connectivity index (χ3v) is 4.44. The Kier molecular flexibility index (Phi) is 2.66. The predicted molar refractivity (Wildman–Crippen MR) is 109 cm³/mol. The van der Waals surface area contributed by atoms with Crippen molar-refractivity contribution < 1.29 is 11.3 Å². The molecule has 0 unspecified atom stereocenters. The molecule has 3 nitrogen and oxygen atoms in total. The number of aryl methyl sites for hydroxylation is 1. The smallest absolute Gasteiger partial charge is 0.227 e. The molecule has 0 aliphatic rings. The number of pyridine rings is 2. The van der Waals surface area contributed by atoms with Crippen molar-refractivity contribution in [1.29, 1.82) is 0 Å². The number of rotatable bonds is 3. The van der Waals surface area contributed by atoms with Gasteiger partial charge in [0.1, 0.15) is 5.58 Å². The SMILES string of the molecule is [2H]C([2H])([2H])c1ccnc(-c2ccc3oc4nc(C([2H])([2H])c5ccccc5)ccc4c3c2)c1. The zero-order valence-corrected chi connectivity index (χ0v) is 14.3. The van der Waals surface area contributed by atoms with Gasteiger partial charge in [-0.15, -0.1) is 0 Å². The van der Waals surface area contributed by atoms with E-state index in [4.69, 9.17) is 11.3 Å². The minimum absolute atomic E-state index is 0.231. The van der Waals surface area contributed by atoms with E-state index in [9.17, 15) is 0 Å². The molecule has 0 spiro atoms. The second kappa shape index (κ2) is 6.36. The molecule has 0 saturated carbocycles. The molecule has 0 saturated heterocycles. The standard InChI is InChI=1S/C24H18N2O/c1-16-11-12-25-22(13-16)18-7-10-23-21(15-18)20-9-8-19(26-24(20)27-23)14-17-5-3-2-4-6-17/h2-13,15H,14H2,1H3/i1D3,14D2. The molecule has 0 aliphatic heterocycles. The third-order valence-electron chi connectivity index (χ3n) is 4.44. The molecule has 0 fully saturated rings. The molecule has 3 heteroatoms. The highest BCUT2D eigenvalue weighted by molar-refractivity contribution is 6.05. The zero-order valence-electron chi connectivity index (χ0n) is 19.3. The van der Waals surface area contributed by atoms with E-state index < -0.39 is 13.2 Å². The van der Waals surface area contributed by atoms with Gasteiger partial charge in [-0.2, -0.15) is 0 Å². The summed E-state index contributed by atoms with van der Waals surface area (Å²) in [6.07, 6.45) is -0.270. The zero-order chi connectivity index (χ0) is 22.5. The van der Waals surface area contributed by atoms with Crippen LogP contribution in [0.2, 0.25) is 0 Å². The van der Waals surface area contributed by atoms with Crippen LogP contribution in [-0.2, 0) is 6.37 Å². The summed E-state index contributed by atoms with van der Waals surface area (Å²) < 4.78 is 45.9. The van der Waals surface area contributed by atoms with Crippen LogP contribution in [0.25, 0.3) is 33.3 Å². The van der Waals surface area contributed by atoms with E-state index in [0.29, 0.717) is 22.6 Å². The number of benzene rings is 2. The van der Waals surface area contributed by atoms with E-state index in [-0.39, 0.29) is 11.3 Å². The highest BCUT2D eigenvalue weighted by atomic mass is 16.3. The van der Waals surface area contributed by atoms with Crippen molar-refractivity contribution in [2.75, 3.05) is 0 Å². The number of hydrogen-bond acceptors (Lipinski definition) is 3. The Morgan fingerprint density at radius 2 is 1.89 bits per heavy atom. The number of furan rings is 1. The van der Waals surface area contributed by atoms with Crippen molar-refractivity contribution in [2.24, 2.45) is 0 Å². The molecular weight excluding hydrogens is 332 g/mol. The summed E-state index contributed by atoms with van der Waals surface area (Å²) in [5, 5.41) is 1.55. The van der Waals surface area contributed by atoms with Gasteiger partial charge in [0.25, 0.3) is 0 Å². The summed E-state index contributed by atoms with van der Waals surface area (Å²) in [4.78, 5) is 8.81. The lowest BCUT2D eigenvalue weighted by atomic mass is 10.1. The first-order chi connectivity index (χ1) is 15.2. The summed E-state index contributed by atoms with van der Waals surface area (Å²) in [7, 11) is 0. The molecule has 0 radical (unpaired) electrons. The van der Waals surface area contributed by atoms with Crippen LogP contribution in [0.3, 0.4) is 0 Å². The van der Waals surface area contributed by atoms with Gasteiger partial charge in [-0.3, -0.25) is 4.98 Å². The summed E-state index contributed by atoms with van der Waals surface area (Å²) in [5.41, 5.74) is 3.29. The molecule has 27 heavy (non-hydrogen) atoms. The number of hydrogen-bond donors (Lipinski definition) is 0. The normalized spacial score (nSPS) is 15.0. The Hall–Kier alpha value is -3.46. The van der Waals surface area contributed by atoms with Crippen molar-refractivity contribution in [1.82, 2.24) is 9.97 Å². The minimum Gasteiger partial charge on any atom is -0.438 e. The van der Waals surface area contributed by atoms with Crippen LogP contribution in [0.1, 0.15) is 23.7 Å². The van der Waals surface area contributed by atoms with E-state index in [1.807, 2.05) is 18.2 Å². The Bertz CT molecular complexity index is 1440. The van der Waals surface area contributed by atoms with Gasteiger partial charge in [-0.1, -0.05) is 30.3 Å². The van der Waals surface area contributed by atoms with Gasteiger partial charge in [0.05, 0.1) is 5.69 Å². The van der Waals surface area contributed by atoms with Gasteiger partial charge in [0.2, 0.25) is 5.71 Å². The molecule has 0 N–H and O–H groups in total. The maximum atomic E-state index is 8.54. The molecule has 3 heterocycles. The summed E-state index contributed by atoms with van der Waals surface area (Å²) in [6, 6.07) is 20.9. The molecule has 0 bridgehead atoms. The minimum atomic E-state index is -2.21. The monoisotopic (exact) mass is 355 g/mol. The maximum absolute atomic E-state index is 8.54. The molecule has 5 aromatic rings. The number of aromatic nitrogens is 2. The molecule has 130 valence electrons. The van der Waals surface area contributed by atoms with Crippen LogP contribution in [0.5, 0.6) is 0 Å². The lowest BCUT2D eigenvalue weighted by molar-refractivity contribution is 0.652. The topological polar surface area (TPSA) is 38.9 Å². The van der Waals surface area contributed by atoms with Gasteiger partial charge in [0.15, 0.2) is 0 Å². The Morgan fingerprint density at radius 3 is 2.78 bits per heavy atom. The highest BCUT2D eigenvalue weighted by Crippen LogP contribution is 2.31. The molecule has 3 aromatic heterocycles. The second-order valence-corrected chi connectivity index (χ2v) is 6.28. The highest BCUT2D eigenvalue weighted by Gasteiger charge is 2.11. The van der Waals surface area contributed by atoms with Crippen molar-refractivity contribution in [3.63, 3.8) is 0 Å². The van der Waals surface area contributed by atoms with Crippen molar-refractivity contribution in [3.05, 3.63) is 95.8 Å². The molecule has 0 amide bonds. The van der Waals surface area contributed by atoms with Gasteiger partial charge in [-0.05, 0) is 60.4 Å². The van der Waals surface area contributed by atoms with Crippen molar-refractivity contribution in [3.8, 4) is 11.3 Å². The van der Waals surface area contributed by atoms with Crippen molar-refractivity contribution >= 4 is 22.1 Å². The Balaban J connectivity index is 1.60. The van der Waals surface area contributed by atoms with Gasteiger partial charge in [-0.25, -0.2) is 4.98 Å². The first-order valence-corrected chi connectivity index (χ1v) is 8.60. The van der Waals surface area contributed by atoms with E-state index in [2.05, 4.69) is 9.97 Å². The number of fused-ring (bicyclic) bond motifs is 3. The molecule has 5 rings (SSSR count). The maximum Gasteiger partial charge on any atom is 0.227 e. The van der Waals surface area contributed by atoms with Crippen LogP contribution >= 0.6 is 0 Å². The molecule has 0 aliphatic carbocycles. The lowest BCUT2D eigenvalue weighted by Crippen LogP contribution is -1.91. The van der Waals surface area contributed by atoms with E-state index >= 15 is 0 Å². The van der Waals surface area contributed by atoms with Gasteiger partial charge < -0.3 is 4.42 Å². The first-order valence-electron chi connectivity index (χ1n) is 11.1. The largest absolute Gasteiger partial charge is 0.438 e. The van der Waals surface area contributed by atoms with Crippen LogP contribution in [0, 0.1) is 6.85 Å². The van der Waals surface area contributed by atoms with Crippen molar-refractivity contribution in [2.45, 2.75) is 13.2 Å². The fourth-order valence-electron chi connectivity index (χ4n) is 3.14. The number of nitrogens with zero attached hydrogens (tertiary/aromatic N) is 2. The van der Waals surface area contributed by atoms with E-state index in [1.54, 1.807) is 48.5 Å². The summed E-state index contributed by atoms with van der Waals surface area (Å²) in [5.74, 6) is 0. The van der Waals surface area contributed by atoms with Crippen LogP contribution < -0.4 is 0 Å². The predicted octanol–water partition coefficient (Wildman–Crippen LogP) is 5.94. The third kappa shape index (κ3) is 2.97. The fourth-order valence-corrected chi connectivity index (χ4v) is 3.14. The average Bonchev–Trinajstić information content (AvgIpc) is 3.16. The second-order valence-electron chi connectivity index (χ2n) is 6.28.